The van der Waals surface area contributed by atoms with Crippen molar-refractivity contribution in [2.75, 3.05) is 0 Å². The van der Waals surface area contributed by atoms with Crippen molar-refractivity contribution in [3.8, 4) is 28.0 Å². The van der Waals surface area contributed by atoms with Crippen molar-refractivity contribution in [2.24, 2.45) is 0 Å². The molecule has 0 aliphatic heterocycles. The molecule has 0 amide bonds. The summed E-state index contributed by atoms with van der Waals surface area (Å²) in [6.45, 7) is 0. The molecule has 0 heterocycles. The second kappa shape index (κ2) is 6.29. The summed E-state index contributed by atoms with van der Waals surface area (Å²) in [4.78, 5) is 0. The lowest BCUT2D eigenvalue weighted by Gasteiger charge is -2.10. The highest BCUT2D eigenvalue weighted by Crippen LogP contribution is 2.31. The normalized spacial score (nSPS) is 10.1. The Morgan fingerprint density at radius 3 is 1.52 bits per heavy atom. The predicted molar refractivity (Wildman–Crippen MR) is 87.3 cm³/mol. The van der Waals surface area contributed by atoms with E-state index in [4.69, 9.17) is 9.68 Å². The first-order chi connectivity index (χ1) is 10.4. The van der Waals surface area contributed by atoms with Gasteiger partial charge in [-0.25, -0.2) is 0 Å². The Morgan fingerprint density at radius 2 is 1.10 bits per heavy atom. The summed E-state index contributed by atoms with van der Waals surface area (Å²) in [5, 5.41) is 9.02. The molecule has 3 rings (SSSR count). The van der Waals surface area contributed by atoms with Crippen LogP contribution in [0.25, 0.3) is 22.3 Å². The molecule has 0 saturated heterocycles. The molecule has 2 nitrogen and oxygen atoms in total. The van der Waals surface area contributed by atoms with Gasteiger partial charge >= 0.3 is 7.69 Å². The van der Waals surface area contributed by atoms with Crippen LogP contribution in [-0.2, 0) is 0 Å². The van der Waals surface area contributed by atoms with E-state index >= 15 is 0 Å². The molecule has 0 aliphatic carbocycles. The fourth-order valence-electron chi connectivity index (χ4n) is 2.35. The zero-order valence-electron chi connectivity index (χ0n) is 11.6. The first-order valence-electron chi connectivity index (χ1n) is 6.86. The summed E-state index contributed by atoms with van der Waals surface area (Å²) in [5.41, 5.74) is 4.39. The molecular formula is C18H15BO2. The quantitative estimate of drug-likeness (QED) is 0.736. The molecule has 3 aromatic rings. The molecule has 0 saturated carbocycles. The van der Waals surface area contributed by atoms with Gasteiger partial charge in [-0.2, -0.15) is 0 Å². The highest BCUT2D eigenvalue weighted by Gasteiger charge is 2.06. The first kappa shape index (κ1) is 13.5. The van der Waals surface area contributed by atoms with E-state index in [1.54, 1.807) is 0 Å². The van der Waals surface area contributed by atoms with Crippen molar-refractivity contribution in [3.05, 3.63) is 78.9 Å². The highest BCUT2D eigenvalue weighted by atomic mass is 16.5. The monoisotopic (exact) mass is 274 g/mol. The predicted octanol–water partition coefficient (Wildman–Crippen LogP) is 3.66. The average Bonchev–Trinajstić information content (AvgIpc) is 2.56. The summed E-state index contributed by atoms with van der Waals surface area (Å²) in [6, 6.07) is 26.3. The van der Waals surface area contributed by atoms with Crippen LogP contribution in [0.15, 0.2) is 78.9 Å². The Kier molecular flexibility index (Phi) is 4.03. The first-order valence-corrected chi connectivity index (χ1v) is 6.86. The second-order valence-corrected chi connectivity index (χ2v) is 4.75. The summed E-state index contributed by atoms with van der Waals surface area (Å²) < 4.78 is 5.29. The van der Waals surface area contributed by atoms with Gasteiger partial charge in [-0.1, -0.05) is 60.7 Å². The van der Waals surface area contributed by atoms with E-state index in [0.717, 1.165) is 22.3 Å². The van der Waals surface area contributed by atoms with Gasteiger partial charge in [0.2, 0.25) is 0 Å². The standard InChI is InChI=1S/C18H15BO2/c20-19-21-18-12-16(14-7-3-1-4-8-14)11-17(13-18)15-9-5-2-6-10-15/h1-13,19-20H. The Morgan fingerprint density at radius 1 is 0.619 bits per heavy atom. The van der Waals surface area contributed by atoms with E-state index in [1.807, 2.05) is 48.5 Å². The molecule has 0 bridgehead atoms. The van der Waals surface area contributed by atoms with Gasteiger partial charge in [-0.15, -0.1) is 0 Å². The maximum absolute atomic E-state index is 9.02. The van der Waals surface area contributed by atoms with Crippen LogP contribution < -0.4 is 4.65 Å². The van der Waals surface area contributed by atoms with Gasteiger partial charge in [0.15, 0.2) is 0 Å². The molecule has 0 fully saturated rings. The Balaban J connectivity index is 2.11. The third-order valence-electron chi connectivity index (χ3n) is 3.35. The Labute approximate surface area is 125 Å². The van der Waals surface area contributed by atoms with Crippen molar-refractivity contribution in [2.45, 2.75) is 0 Å². The van der Waals surface area contributed by atoms with Gasteiger partial charge in [0.1, 0.15) is 5.75 Å². The zero-order chi connectivity index (χ0) is 14.5. The third kappa shape index (κ3) is 3.15. The smallest absolute Gasteiger partial charge is 0.504 e. The third-order valence-corrected chi connectivity index (χ3v) is 3.35. The molecule has 0 radical (unpaired) electrons. The molecule has 0 spiro atoms. The largest absolute Gasteiger partial charge is 0.539 e. The molecule has 102 valence electrons. The van der Waals surface area contributed by atoms with Crippen molar-refractivity contribution in [1.82, 2.24) is 0 Å². The van der Waals surface area contributed by atoms with Crippen LogP contribution in [0.3, 0.4) is 0 Å². The average molecular weight is 274 g/mol. The fourth-order valence-corrected chi connectivity index (χ4v) is 2.35. The van der Waals surface area contributed by atoms with Crippen molar-refractivity contribution < 1.29 is 9.68 Å². The minimum atomic E-state index is -0.327. The maximum Gasteiger partial charge on any atom is 0.504 e. The van der Waals surface area contributed by atoms with E-state index in [0.29, 0.717) is 5.75 Å². The minimum Gasteiger partial charge on any atom is -0.539 e. The van der Waals surface area contributed by atoms with Gasteiger partial charge in [-0.3, -0.25) is 0 Å². The zero-order valence-corrected chi connectivity index (χ0v) is 11.6. The van der Waals surface area contributed by atoms with Gasteiger partial charge in [0.25, 0.3) is 0 Å². The molecule has 3 heteroatoms. The molecule has 3 aromatic carbocycles. The van der Waals surface area contributed by atoms with Crippen LogP contribution in [0.2, 0.25) is 0 Å². The molecule has 21 heavy (non-hydrogen) atoms. The molecule has 0 atom stereocenters. The van der Waals surface area contributed by atoms with Crippen LogP contribution in [0.4, 0.5) is 0 Å². The minimum absolute atomic E-state index is 0.327. The Hall–Kier alpha value is -2.52. The molecule has 1 N–H and O–H groups in total. The highest BCUT2D eigenvalue weighted by molar-refractivity contribution is 6.17. The number of benzene rings is 3. The van der Waals surface area contributed by atoms with Gasteiger partial charge in [0, 0.05) is 0 Å². The van der Waals surface area contributed by atoms with Gasteiger partial charge < -0.3 is 9.68 Å². The van der Waals surface area contributed by atoms with Crippen LogP contribution in [-0.4, -0.2) is 12.7 Å². The SMILES string of the molecule is OBOc1cc(-c2ccccc2)cc(-c2ccccc2)c1. The summed E-state index contributed by atoms with van der Waals surface area (Å²) in [5.74, 6) is 0.665. The topological polar surface area (TPSA) is 29.5 Å². The fraction of sp³-hybridized carbons (Fsp3) is 0. The lowest BCUT2D eigenvalue weighted by molar-refractivity contribution is 0.454. The van der Waals surface area contributed by atoms with Crippen LogP contribution in [0.5, 0.6) is 5.75 Å². The number of hydrogen-bond donors (Lipinski definition) is 1. The van der Waals surface area contributed by atoms with Gasteiger partial charge in [0.05, 0.1) is 0 Å². The number of hydrogen-bond acceptors (Lipinski definition) is 2. The van der Waals surface area contributed by atoms with E-state index in [2.05, 4.69) is 30.3 Å². The second-order valence-electron chi connectivity index (χ2n) is 4.75. The summed E-state index contributed by atoms with van der Waals surface area (Å²) in [7, 11) is -0.327. The maximum atomic E-state index is 9.02. The van der Waals surface area contributed by atoms with Crippen LogP contribution in [0.1, 0.15) is 0 Å². The van der Waals surface area contributed by atoms with E-state index in [-0.39, 0.29) is 7.69 Å². The van der Waals surface area contributed by atoms with Crippen LogP contribution >= 0.6 is 0 Å². The molecular weight excluding hydrogens is 259 g/mol. The van der Waals surface area contributed by atoms with E-state index < -0.39 is 0 Å². The lowest BCUT2D eigenvalue weighted by atomic mass is 9.98. The number of rotatable bonds is 4. The van der Waals surface area contributed by atoms with Gasteiger partial charge in [-0.05, 0) is 40.5 Å². The molecule has 0 aliphatic rings. The summed E-state index contributed by atoms with van der Waals surface area (Å²) >= 11 is 0. The summed E-state index contributed by atoms with van der Waals surface area (Å²) in [6.07, 6.45) is 0. The van der Waals surface area contributed by atoms with E-state index in [1.165, 1.54) is 0 Å². The molecule has 0 aromatic heterocycles. The van der Waals surface area contributed by atoms with E-state index in [9.17, 15) is 0 Å². The van der Waals surface area contributed by atoms with Crippen LogP contribution in [0, 0.1) is 0 Å². The molecule has 0 unspecified atom stereocenters. The van der Waals surface area contributed by atoms with Crippen molar-refractivity contribution in [3.63, 3.8) is 0 Å². The van der Waals surface area contributed by atoms with Crippen molar-refractivity contribution in [1.29, 1.82) is 0 Å². The van der Waals surface area contributed by atoms with Crippen molar-refractivity contribution >= 4 is 7.69 Å². The lowest BCUT2D eigenvalue weighted by Crippen LogP contribution is -2.00. The Bertz CT molecular complexity index is 654.